The number of benzene rings is 4. The average molecular weight is 596 g/mol. The number of aliphatic hydroxyl groups excluding tert-OH is 3. The Kier molecular flexibility index (Phi) is 9.50. The van der Waals surface area contributed by atoms with Crippen LogP contribution in [0.5, 0.6) is 5.75 Å². The number of aromatic nitrogens is 2. The van der Waals surface area contributed by atoms with Crippen molar-refractivity contribution >= 4 is 17.0 Å². The summed E-state index contributed by atoms with van der Waals surface area (Å²) in [6.45, 7) is 1.69. The molecule has 4 N–H and O–H groups in total. The summed E-state index contributed by atoms with van der Waals surface area (Å²) < 4.78 is 19.7. The zero-order chi connectivity index (χ0) is 30.3. The Morgan fingerprint density at radius 3 is 2.34 bits per heavy atom. The molecule has 1 aliphatic rings. The molecule has 9 heteroatoms. The Balaban J connectivity index is 1.18. The van der Waals surface area contributed by atoms with Gasteiger partial charge >= 0.3 is 0 Å². The maximum absolute atomic E-state index is 10.8. The summed E-state index contributed by atoms with van der Waals surface area (Å²) in [7, 11) is 0. The molecule has 1 fully saturated rings. The van der Waals surface area contributed by atoms with E-state index in [9.17, 15) is 15.3 Å². The van der Waals surface area contributed by atoms with Crippen LogP contribution in [0, 0.1) is 0 Å². The number of para-hydroxylation sites is 2. The highest BCUT2D eigenvalue weighted by Crippen LogP contribution is 2.36. The second-order valence-corrected chi connectivity index (χ2v) is 10.8. The topological polar surface area (TPSA) is 118 Å². The number of nitrogens with one attached hydrogen (secondary N) is 1. The molecule has 0 amide bonds. The summed E-state index contributed by atoms with van der Waals surface area (Å²) in [4.78, 5) is 4.74. The van der Waals surface area contributed by atoms with Gasteiger partial charge in [-0.25, -0.2) is 4.98 Å². The average Bonchev–Trinajstić information content (AvgIpc) is 3.58. The van der Waals surface area contributed by atoms with Gasteiger partial charge in [0.05, 0.1) is 37.5 Å². The lowest BCUT2D eigenvalue weighted by molar-refractivity contribution is -0.0499. The van der Waals surface area contributed by atoms with Crippen LogP contribution in [-0.4, -0.2) is 63.0 Å². The molecule has 1 aliphatic heterocycles. The van der Waals surface area contributed by atoms with Crippen LogP contribution < -0.4 is 10.1 Å². The monoisotopic (exact) mass is 595 g/mol. The number of rotatable bonds is 13. The molecule has 0 unspecified atom stereocenters. The van der Waals surface area contributed by atoms with E-state index in [1.54, 1.807) is 4.57 Å². The number of aliphatic hydroxyl groups is 3. The molecule has 6 rings (SSSR count). The minimum Gasteiger partial charge on any atom is -0.493 e. The summed E-state index contributed by atoms with van der Waals surface area (Å²) in [5.74, 6) is 1.25. The van der Waals surface area contributed by atoms with E-state index >= 15 is 0 Å². The van der Waals surface area contributed by atoms with Crippen LogP contribution >= 0.6 is 0 Å². The first-order chi connectivity index (χ1) is 21.6. The molecule has 5 aromatic rings. The highest BCUT2D eigenvalue weighted by molar-refractivity contribution is 5.79. The molecule has 0 bridgehead atoms. The standard InChI is InChI=1S/C35H37N3O6/c39-22-31-32(40)33(41)34(44-31)38-29-15-8-7-14-28(29)37-35(38)36-21-25-16-17-27(26-12-5-2-6-13-26)30(20-25)43-19-9-18-42-23-24-10-3-1-4-11-24/h1-8,10-17,20,31-34,39-41H,9,18-19,21-23H2,(H,36,37)/t31-,32-,33-,34-/m1/s1. The lowest BCUT2D eigenvalue weighted by Gasteiger charge is -2.20. The Hall–Kier alpha value is -4.25. The second kappa shape index (κ2) is 14.0. The first kappa shape index (κ1) is 29.8. The van der Waals surface area contributed by atoms with Crippen molar-refractivity contribution in [3.8, 4) is 16.9 Å². The van der Waals surface area contributed by atoms with Crippen molar-refractivity contribution in [2.24, 2.45) is 0 Å². The van der Waals surface area contributed by atoms with Gasteiger partial charge in [0.2, 0.25) is 5.95 Å². The maximum atomic E-state index is 10.8. The fourth-order valence-corrected chi connectivity index (χ4v) is 5.46. The number of ether oxygens (including phenoxy) is 3. The molecule has 1 saturated heterocycles. The highest BCUT2D eigenvalue weighted by Gasteiger charge is 2.44. The van der Waals surface area contributed by atoms with Crippen molar-refractivity contribution in [2.45, 2.75) is 44.1 Å². The van der Waals surface area contributed by atoms with Gasteiger partial charge in [-0.1, -0.05) is 84.9 Å². The molecule has 0 radical (unpaired) electrons. The van der Waals surface area contributed by atoms with Gasteiger partial charge in [0.25, 0.3) is 0 Å². The van der Waals surface area contributed by atoms with Gasteiger partial charge in [0, 0.05) is 18.5 Å². The Morgan fingerprint density at radius 2 is 1.57 bits per heavy atom. The molecule has 0 spiro atoms. The van der Waals surface area contributed by atoms with Gasteiger partial charge in [0.15, 0.2) is 6.23 Å². The van der Waals surface area contributed by atoms with Crippen LogP contribution in [0.2, 0.25) is 0 Å². The Morgan fingerprint density at radius 1 is 0.818 bits per heavy atom. The number of fused-ring (bicyclic) bond motifs is 1. The van der Waals surface area contributed by atoms with Gasteiger partial charge in [-0.3, -0.25) is 4.57 Å². The van der Waals surface area contributed by atoms with Gasteiger partial charge in [-0.2, -0.15) is 0 Å². The molecular formula is C35H37N3O6. The third-order valence-electron chi connectivity index (χ3n) is 7.75. The van der Waals surface area contributed by atoms with E-state index < -0.39 is 31.1 Å². The second-order valence-electron chi connectivity index (χ2n) is 10.8. The lowest BCUT2D eigenvalue weighted by Crippen LogP contribution is -2.33. The summed E-state index contributed by atoms with van der Waals surface area (Å²) in [5, 5.41) is 34.2. The number of hydrogen-bond donors (Lipinski definition) is 4. The predicted octanol–water partition coefficient (Wildman–Crippen LogP) is 4.91. The first-order valence-electron chi connectivity index (χ1n) is 14.9. The predicted molar refractivity (Wildman–Crippen MR) is 168 cm³/mol. The van der Waals surface area contributed by atoms with Crippen LogP contribution in [0.3, 0.4) is 0 Å². The minimum absolute atomic E-state index is 0.403. The van der Waals surface area contributed by atoms with E-state index in [1.807, 2.05) is 72.8 Å². The van der Waals surface area contributed by atoms with Crippen LogP contribution in [0.1, 0.15) is 23.8 Å². The molecular weight excluding hydrogens is 558 g/mol. The van der Waals surface area contributed by atoms with Crippen molar-refractivity contribution in [1.29, 1.82) is 0 Å². The summed E-state index contributed by atoms with van der Waals surface area (Å²) >= 11 is 0. The molecule has 1 aromatic heterocycles. The van der Waals surface area contributed by atoms with Crippen molar-refractivity contribution in [1.82, 2.24) is 9.55 Å². The molecule has 0 saturated carbocycles. The van der Waals surface area contributed by atoms with Gasteiger partial charge in [-0.05, 0) is 34.9 Å². The smallest absolute Gasteiger partial charge is 0.206 e. The van der Waals surface area contributed by atoms with Crippen molar-refractivity contribution in [2.75, 3.05) is 25.1 Å². The van der Waals surface area contributed by atoms with E-state index in [0.717, 1.165) is 39.9 Å². The Bertz CT molecular complexity index is 1640. The van der Waals surface area contributed by atoms with Crippen LogP contribution in [-0.2, 0) is 22.6 Å². The van der Waals surface area contributed by atoms with E-state index in [0.29, 0.717) is 37.8 Å². The van der Waals surface area contributed by atoms with Crippen LogP contribution in [0.15, 0.2) is 103 Å². The maximum Gasteiger partial charge on any atom is 0.206 e. The third-order valence-corrected chi connectivity index (χ3v) is 7.75. The SMILES string of the molecule is OC[C@H]1O[C@@H](n2c(NCc3ccc(-c4ccccc4)c(OCCCOCc4ccccc4)c3)nc3ccccc32)[C@H](O)[C@@H]1O. The number of anilines is 1. The zero-order valence-corrected chi connectivity index (χ0v) is 24.3. The largest absolute Gasteiger partial charge is 0.493 e. The van der Waals surface area contributed by atoms with Gasteiger partial charge in [0.1, 0.15) is 24.1 Å². The minimum atomic E-state index is -1.23. The number of hydrogen-bond acceptors (Lipinski definition) is 8. The molecule has 9 nitrogen and oxygen atoms in total. The zero-order valence-electron chi connectivity index (χ0n) is 24.3. The Labute approximate surface area is 256 Å². The first-order valence-corrected chi connectivity index (χ1v) is 14.9. The lowest BCUT2D eigenvalue weighted by atomic mass is 10.0. The van der Waals surface area contributed by atoms with Gasteiger partial charge in [-0.15, -0.1) is 0 Å². The third kappa shape index (κ3) is 6.62. The summed E-state index contributed by atoms with van der Waals surface area (Å²) in [6.07, 6.45) is -3.50. The van der Waals surface area contributed by atoms with E-state index in [4.69, 9.17) is 19.2 Å². The molecule has 0 aliphatic carbocycles. The van der Waals surface area contributed by atoms with Crippen molar-refractivity contribution < 1.29 is 29.5 Å². The van der Waals surface area contributed by atoms with E-state index in [-0.39, 0.29) is 0 Å². The van der Waals surface area contributed by atoms with E-state index in [1.165, 1.54) is 0 Å². The fraction of sp³-hybridized carbons (Fsp3) is 0.286. The molecule has 4 aromatic carbocycles. The van der Waals surface area contributed by atoms with Crippen LogP contribution in [0.25, 0.3) is 22.2 Å². The summed E-state index contributed by atoms with van der Waals surface area (Å²) in [5.41, 5.74) is 5.63. The highest BCUT2D eigenvalue weighted by atomic mass is 16.6. The van der Waals surface area contributed by atoms with E-state index in [2.05, 4.69) is 35.6 Å². The van der Waals surface area contributed by atoms with Crippen molar-refractivity contribution in [3.05, 3.63) is 114 Å². The quantitative estimate of drug-likeness (QED) is 0.142. The summed E-state index contributed by atoms with van der Waals surface area (Å²) in [6, 6.07) is 33.9. The molecule has 44 heavy (non-hydrogen) atoms. The van der Waals surface area contributed by atoms with Crippen LogP contribution in [0.4, 0.5) is 5.95 Å². The normalized spacial score (nSPS) is 19.8. The fourth-order valence-electron chi connectivity index (χ4n) is 5.46. The molecule has 228 valence electrons. The molecule has 2 heterocycles. The van der Waals surface area contributed by atoms with Crippen molar-refractivity contribution in [3.63, 3.8) is 0 Å². The molecule has 4 atom stereocenters. The number of imidazole rings is 1. The van der Waals surface area contributed by atoms with Gasteiger partial charge < -0.3 is 34.8 Å². The number of nitrogens with zero attached hydrogens (tertiary/aromatic N) is 2.